The van der Waals surface area contributed by atoms with Crippen LogP contribution in [0.15, 0.2) is 36.4 Å². The highest BCUT2D eigenvalue weighted by molar-refractivity contribution is 7.11. The van der Waals surface area contributed by atoms with Crippen LogP contribution >= 0.6 is 11.3 Å². The number of nitrogens with one attached hydrogen (secondary N) is 1. The third-order valence-electron chi connectivity index (χ3n) is 3.20. The lowest BCUT2D eigenvalue weighted by atomic mass is 10.0. The lowest BCUT2D eigenvalue weighted by molar-refractivity contribution is 0.512. The first-order chi connectivity index (χ1) is 9.24. The van der Waals surface area contributed by atoms with Crippen molar-refractivity contribution in [1.82, 2.24) is 5.32 Å². The maximum atomic E-state index is 13.9. The van der Waals surface area contributed by atoms with Crippen molar-refractivity contribution in [3.8, 4) is 0 Å². The number of hydrogen-bond donors (Lipinski definition) is 1. The highest BCUT2D eigenvalue weighted by atomic mass is 32.1. The molecule has 0 saturated heterocycles. The fourth-order valence-electron chi connectivity index (χ4n) is 2.22. The Hall–Kier alpha value is -1.19. The van der Waals surface area contributed by atoms with Gasteiger partial charge in [0, 0.05) is 27.8 Å². The smallest absolute Gasteiger partial charge is 0.127 e. The molecule has 1 heterocycles. The monoisotopic (exact) mass is 277 g/mol. The molecule has 102 valence electrons. The Labute approximate surface area is 118 Å². The summed E-state index contributed by atoms with van der Waals surface area (Å²) in [4.78, 5) is 2.70. The number of halogens is 1. The van der Waals surface area contributed by atoms with Gasteiger partial charge in [0.15, 0.2) is 0 Å². The van der Waals surface area contributed by atoms with Crippen LogP contribution in [0.5, 0.6) is 0 Å². The van der Waals surface area contributed by atoms with Crippen LogP contribution in [0.3, 0.4) is 0 Å². The molecule has 2 rings (SSSR count). The summed E-state index contributed by atoms with van der Waals surface area (Å²) >= 11 is 1.83. The van der Waals surface area contributed by atoms with Crippen LogP contribution in [0.25, 0.3) is 0 Å². The molecule has 0 aliphatic heterocycles. The van der Waals surface area contributed by atoms with Gasteiger partial charge in [-0.15, -0.1) is 11.3 Å². The third kappa shape index (κ3) is 3.64. The molecule has 1 N–H and O–H groups in total. The highest BCUT2D eigenvalue weighted by Gasteiger charge is 2.15. The van der Waals surface area contributed by atoms with Gasteiger partial charge >= 0.3 is 0 Å². The Morgan fingerprint density at radius 1 is 1.11 bits per heavy atom. The average molecular weight is 277 g/mol. The average Bonchev–Trinajstić information content (AvgIpc) is 2.87. The van der Waals surface area contributed by atoms with Crippen molar-refractivity contribution < 1.29 is 4.39 Å². The number of likely N-dealkylation sites (N-methyl/N-ethyl adjacent to an activating group) is 1. The Morgan fingerprint density at radius 3 is 2.47 bits per heavy atom. The first-order valence-electron chi connectivity index (χ1n) is 6.80. The fourth-order valence-corrected chi connectivity index (χ4v) is 3.22. The fraction of sp³-hybridized carbons (Fsp3) is 0.375. The lowest BCUT2D eigenvalue weighted by Gasteiger charge is -2.18. The van der Waals surface area contributed by atoms with E-state index in [1.807, 2.05) is 23.5 Å². The van der Waals surface area contributed by atoms with Gasteiger partial charge in [0.05, 0.1) is 0 Å². The molecule has 0 amide bonds. The molecule has 1 unspecified atom stereocenters. The zero-order valence-electron chi connectivity index (χ0n) is 11.4. The quantitative estimate of drug-likeness (QED) is 0.828. The number of aryl methyl sites for hydroxylation is 1. The van der Waals surface area contributed by atoms with E-state index in [4.69, 9.17) is 0 Å². The Kier molecular flexibility index (Phi) is 5.11. The van der Waals surface area contributed by atoms with E-state index >= 15 is 0 Å². The summed E-state index contributed by atoms with van der Waals surface area (Å²) < 4.78 is 13.9. The van der Waals surface area contributed by atoms with Crippen LogP contribution in [0.2, 0.25) is 0 Å². The minimum Gasteiger partial charge on any atom is -0.310 e. The van der Waals surface area contributed by atoms with E-state index < -0.39 is 0 Å². The molecule has 0 bridgehead atoms. The van der Waals surface area contributed by atoms with E-state index in [2.05, 4.69) is 31.3 Å². The number of hydrogen-bond acceptors (Lipinski definition) is 2. The molecule has 1 aromatic carbocycles. The minimum absolute atomic E-state index is 0.0505. The van der Waals surface area contributed by atoms with E-state index in [1.54, 1.807) is 6.07 Å². The minimum atomic E-state index is -0.124. The molecule has 0 saturated carbocycles. The molecule has 2 aromatic rings. The van der Waals surface area contributed by atoms with E-state index in [0.29, 0.717) is 0 Å². The van der Waals surface area contributed by atoms with Crippen LogP contribution in [0.1, 0.15) is 35.2 Å². The molecular formula is C16H20FNS. The maximum absolute atomic E-state index is 13.9. The highest BCUT2D eigenvalue weighted by Crippen LogP contribution is 2.25. The molecule has 1 atom stereocenters. The van der Waals surface area contributed by atoms with Gasteiger partial charge in [-0.25, -0.2) is 4.39 Å². The van der Waals surface area contributed by atoms with Crippen LogP contribution in [0, 0.1) is 5.82 Å². The van der Waals surface area contributed by atoms with Gasteiger partial charge in [-0.05, 0) is 31.2 Å². The Morgan fingerprint density at radius 2 is 1.84 bits per heavy atom. The molecule has 0 aliphatic rings. The molecule has 1 aromatic heterocycles. The van der Waals surface area contributed by atoms with Crippen molar-refractivity contribution in [1.29, 1.82) is 0 Å². The summed E-state index contributed by atoms with van der Waals surface area (Å²) in [6.07, 6.45) is 1.91. The van der Waals surface area contributed by atoms with Crippen LogP contribution < -0.4 is 5.32 Å². The maximum Gasteiger partial charge on any atom is 0.127 e. The van der Waals surface area contributed by atoms with Gasteiger partial charge in [0.1, 0.15) is 5.82 Å². The SMILES string of the molecule is CCNC(Cc1ccc(CC)s1)c1ccccc1F. The summed E-state index contributed by atoms with van der Waals surface area (Å²) in [6.45, 7) is 5.05. The molecule has 0 radical (unpaired) electrons. The summed E-state index contributed by atoms with van der Waals surface area (Å²) in [6, 6.07) is 11.4. The van der Waals surface area contributed by atoms with Gasteiger partial charge < -0.3 is 5.32 Å². The largest absolute Gasteiger partial charge is 0.310 e. The number of rotatable bonds is 6. The number of benzene rings is 1. The second kappa shape index (κ2) is 6.83. The van der Waals surface area contributed by atoms with Crippen LogP contribution in [0.4, 0.5) is 4.39 Å². The van der Waals surface area contributed by atoms with Gasteiger partial charge in [0.2, 0.25) is 0 Å². The zero-order chi connectivity index (χ0) is 13.7. The summed E-state index contributed by atoms with van der Waals surface area (Å²) in [7, 11) is 0. The zero-order valence-corrected chi connectivity index (χ0v) is 12.3. The standard InChI is InChI=1S/C16H20FNS/c1-3-12-9-10-13(19-12)11-16(18-4-2)14-7-5-6-8-15(14)17/h5-10,16,18H,3-4,11H2,1-2H3. The number of thiophene rings is 1. The van der Waals surface area contributed by atoms with Crippen LogP contribution in [-0.4, -0.2) is 6.54 Å². The Balaban J connectivity index is 2.18. The molecule has 0 fully saturated rings. The summed E-state index contributed by atoms with van der Waals surface area (Å²) in [5.41, 5.74) is 0.760. The van der Waals surface area contributed by atoms with Crippen molar-refractivity contribution in [2.24, 2.45) is 0 Å². The predicted octanol–water partition coefficient (Wildman–Crippen LogP) is 4.34. The summed E-state index contributed by atoms with van der Waals surface area (Å²) in [5.74, 6) is -0.124. The molecule has 1 nitrogen and oxygen atoms in total. The summed E-state index contributed by atoms with van der Waals surface area (Å²) in [5, 5.41) is 3.38. The first kappa shape index (κ1) is 14.2. The van der Waals surface area contributed by atoms with Gasteiger partial charge in [-0.3, -0.25) is 0 Å². The molecule has 0 spiro atoms. The van der Waals surface area contributed by atoms with Gasteiger partial charge in [-0.2, -0.15) is 0 Å². The topological polar surface area (TPSA) is 12.0 Å². The van der Waals surface area contributed by atoms with Crippen molar-refractivity contribution in [3.05, 3.63) is 57.5 Å². The van der Waals surface area contributed by atoms with E-state index in [1.165, 1.54) is 15.8 Å². The molecular weight excluding hydrogens is 257 g/mol. The lowest BCUT2D eigenvalue weighted by Crippen LogP contribution is -2.23. The second-order valence-electron chi connectivity index (χ2n) is 4.56. The molecule has 19 heavy (non-hydrogen) atoms. The normalized spacial score (nSPS) is 12.6. The van der Waals surface area contributed by atoms with Crippen molar-refractivity contribution in [3.63, 3.8) is 0 Å². The molecule has 3 heteroatoms. The predicted molar refractivity (Wildman–Crippen MR) is 80.2 cm³/mol. The second-order valence-corrected chi connectivity index (χ2v) is 5.81. The van der Waals surface area contributed by atoms with E-state index in [-0.39, 0.29) is 11.9 Å². The third-order valence-corrected chi connectivity index (χ3v) is 4.45. The Bertz CT molecular complexity index is 521. The van der Waals surface area contributed by atoms with Crippen LogP contribution in [-0.2, 0) is 12.8 Å². The first-order valence-corrected chi connectivity index (χ1v) is 7.61. The van der Waals surface area contributed by atoms with Crippen molar-refractivity contribution >= 4 is 11.3 Å². The van der Waals surface area contributed by atoms with Crippen molar-refractivity contribution in [2.45, 2.75) is 32.7 Å². The molecule has 0 aliphatic carbocycles. The van der Waals surface area contributed by atoms with Gasteiger partial charge in [-0.1, -0.05) is 32.0 Å². The van der Waals surface area contributed by atoms with Crippen molar-refractivity contribution in [2.75, 3.05) is 6.54 Å². The van der Waals surface area contributed by atoms with E-state index in [0.717, 1.165) is 24.9 Å². The van der Waals surface area contributed by atoms with E-state index in [9.17, 15) is 4.39 Å². The van der Waals surface area contributed by atoms with Gasteiger partial charge in [0.25, 0.3) is 0 Å².